The van der Waals surface area contributed by atoms with Gasteiger partial charge in [0.05, 0.1) is 6.04 Å². The summed E-state index contributed by atoms with van der Waals surface area (Å²) in [6.45, 7) is 9.00. The smallest absolute Gasteiger partial charge is 0.217 e. The second kappa shape index (κ2) is 8.28. The Morgan fingerprint density at radius 2 is 2.21 bits per heavy atom. The molecule has 5 nitrogen and oxygen atoms in total. The van der Waals surface area contributed by atoms with Gasteiger partial charge in [-0.05, 0) is 56.3 Å². The molecule has 0 saturated carbocycles. The first kappa shape index (κ1) is 20.1. The highest BCUT2D eigenvalue weighted by Gasteiger charge is 2.31. The third kappa shape index (κ3) is 4.09. The van der Waals surface area contributed by atoms with Crippen LogP contribution in [-0.4, -0.2) is 33.4 Å². The number of hydrogen-bond donors (Lipinski definition) is 1. The van der Waals surface area contributed by atoms with Crippen molar-refractivity contribution in [1.82, 2.24) is 19.8 Å². The lowest BCUT2D eigenvalue weighted by atomic mass is 9.90. The van der Waals surface area contributed by atoms with Gasteiger partial charge in [-0.2, -0.15) is 0 Å². The number of fused-ring (bicyclic) bond motifs is 1. The molecule has 6 heteroatoms. The largest absolute Gasteiger partial charge is 0.348 e. The molecule has 1 amide bonds. The van der Waals surface area contributed by atoms with E-state index in [1.807, 2.05) is 11.6 Å². The van der Waals surface area contributed by atoms with Crippen molar-refractivity contribution in [2.45, 2.75) is 46.2 Å². The van der Waals surface area contributed by atoms with Crippen LogP contribution in [0, 0.1) is 19.8 Å². The van der Waals surface area contributed by atoms with E-state index in [4.69, 9.17) is 0 Å². The molecule has 0 bridgehead atoms. The third-order valence-corrected chi connectivity index (χ3v) is 7.11. The van der Waals surface area contributed by atoms with Gasteiger partial charge in [0.2, 0.25) is 5.91 Å². The summed E-state index contributed by atoms with van der Waals surface area (Å²) in [5.41, 5.74) is 5.37. The number of nitrogens with one attached hydrogen (secondary N) is 1. The zero-order valence-electron chi connectivity index (χ0n) is 17.7. The molecule has 1 aromatic carbocycles. The molecular formula is C23H30N4OS. The van der Waals surface area contributed by atoms with Crippen LogP contribution in [0.5, 0.6) is 0 Å². The molecule has 4 rings (SSSR count). The minimum atomic E-state index is 0.00608. The SMILES string of the molecule is CC(=O)NC(c1nccs1)C1CCCN(Cc2c(C)n(C)c3cc(C)ccc23)C1. The fourth-order valence-corrected chi connectivity index (χ4v) is 5.45. The van der Waals surface area contributed by atoms with Crippen LogP contribution in [0.1, 0.15) is 47.6 Å². The molecule has 1 aliphatic rings. The van der Waals surface area contributed by atoms with Crippen LogP contribution < -0.4 is 5.32 Å². The normalized spacial score (nSPS) is 18.8. The second-order valence-electron chi connectivity index (χ2n) is 8.33. The summed E-state index contributed by atoms with van der Waals surface area (Å²) < 4.78 is 2.31. The number of thiazole rings is 1. The van der Waals surface area contributed by atoms with Gasteiger partial charge in [-0.15, -0.1) is 11.3 Å². The monoisotopic (exact) mass is 410 g/mol. The number of carbonyl (C=O) groups excluding carboxylic acids is 1. The maximum Gasteiger partial charge on any atom is 0.217 e. The molecule has 29 heavy (non-hydrogen) atoms. The highest BCUT2D eigenvalue weighted by molar-refractivity contribution is 7.09. The number of nitrogens with zero attached hydrogens (tertiary/aromatic N) is 3. The van der Waals surface area contributed by atoms with E-state index in [1.54, 1.807) is 18.3 Å². The van der Waals surface area contributed by atoms with E-state index in [9.17, 15) is 4.79 Å². The van der Waals surface area contributed by atoms with Crippen LogP contribution in [-0.2, 0) is 18.4 Å². The van der Waals surface area contributed by atoms with Crippen LogP contribution in [0.4, 0.5) is 0 Å². The Kier molecular flexibility index (Phi) is 5.74. The summed E-state index contributed by atoms with van der Waals surface area (Å²) in [6.07, 6.45) is 4.10. The van der Waals surface area contributed by atoms with E-state index in [2.05, 4.69) is 58.9 Å². The molecule has 1 aliphatic heterocycles. The Labute approximate surface area is 176 Å². The number of aryl methyl sites for hydroxylation is 2. The van der Waals surface area contributed by atoms with Crippen molar-refractivity contribution in [2.75, 3.05) is 13.1 Å². The topological polar surface area (TPSA) is 50.2 Å². The summed E-state index contributed by atoms with van der Waals surface area (Å²) in [4.78, 5) is 18.9. The van der Waals surface area contributed by atoms with E-state index >= 15 is 0 Å². The first-order valence-corrected chi connectivity index (χ1v) is 11.3. The molecule has 2 aromatic heterocycles. The molecule has 1 saturated heterocycles. The van der Waals surface area contributed by atoms with Gasteiger partial charge >= 0.3 is 0 Å². The third-order valence-electron chi connectivity index (χ3n) is 6.25. The maximum absolute atomic E-state index is 11.8. The van der Waals surface area contributed by atoms with Gasteiger partial charge in [-0.25, -0.2) is 4.98 Å². The molecule has 1 N–H and O–H groups in total. The molecule has 0 aliphatic carbocycles. The number of aromatic nitrogens is 2. The molecule has 0 radical (unpaired) electrons. The van der Waals surface area contributed by atoms with Crippen molar-refractivity contribution in [3.8, 4) is 0 Å². The lowest BCUT2D eigenvalue weighted by Gasteiger charge is -2.36. The van der Waals surface area contributed by atoms with Crippen LogP contribution in [0.15, 0.2) is 29.8 Å². The number of likely N-dealkylation sites (tertiary alicyclic amines) is 1. The molecule has 3 aromatic rings. The zero-order chi connectivity index (χ0) is 20.5. The molecule has 154 valence electrons. The fourth-order valence-electron chi connectivity index (χ4n) is 4.67. The van der Waals surface area contributed by atoms with E-state index < -0.39 is 0 Å². The van der Waals surface area contributed by atoms with Crippen LogP contribution in [0.3, 0.4) is 0 Å². The van der Waals surface area contributed by atoms with E-state index in [0.29, 0.717) is 5.92 Å². The number of hydrogen-bond acceptors (Lipinski definition) is 4. The average molecular weight is 411 g/mol. The predicted molar refractivity (Wildman–Crippen MR) is 119 cm³/mol. The quantitative estimate of drug-likeness (QED) is 0.681. The summed E-state index contributed by atoms with van der Waals surface area (Å²) in [6, 6.07) is 6.76. The second-order valence-corrected chi connectivity index (χ2v) is 9.26. The lowest BCUT2D eigenvalue weighted by molar-refractivity contribution is -0.120. The Bertz CT molecular complexity index is 1010. The first-order chi connectivity index (χ1) is 13.9. The molecular weight excluding hydrogens is 380 g/mol. The molecule has 0 spiro atoms. The summed E-state index contributed by atoms with van der Waals surface area (Å²) in [5.74, 6) is 0.402. The van der Waals surface area contributed by atoms with Gasteiger partial charge in [-0.1, -0.05) is 12.1 Å². The summed E-state index contributed by atoms with van der Waals surface area (Å²) >= 11 is 1.63. The fraction of sp³-hybridized carbons (Fsp3) is 0.478. The maximum atomic E-state index is 11.8. The number of rotatable bonds is 5. The zero-order valence-corrected chi connectivity index (χ0v) is 18.6. The minimum Gasteiger partial charge on any atom is -0.348 e. The van der Waals surface area contributed by atoms with Gasteiger partial charge in [-0.3, -0.25) is 9.69 Å². The van der Waals surface area contributed by atoms with Crippen molar-refractivity contribution in [3.63, 3.8) is 0 Å². The van der Waals surface area contributed by atoms with Crippen molar-refractivity contribution in [3.05, 3.63) is 51.6 Å². The van der Waals surface area contributed by atoms with Gasteiger partial charge in [0.15, 0.2) is 0 Å². The van der Waals surface area contributed by atoms with Gasteiger partial charge in [0.25, 0.3) is 0 Å². The minimum absolute atomic E-state index is 0.00608. The van der Waals surface area contributed by atoms with Crippen molar-refractivity contribution in [1.29, 1.82) is 0 Å². The van der Waals surface area contributed by atoms with Gasteiger partial charge in [0.1, 0.15) is 5.01 Å². The highest BCUT2D eigenvalue weighted by atomic mass is 32.1. The Hall–Kier alpha value is -2.18. The molecule has 2 unspecified atom stereocenters. The van der Waals surface area contributed by atoms with Crippen molar-refractivity contribution < 1.29 is 4.79 Å². The number of carbonyl (C=O) groups is 1. The number of amides is 1. The van der Waals surface area contributed by atoms with Crippen LogP contribution in [0.25, 0.3) is 10.9 Å². The Morgan fingerprint density at radius 3 is 2.93 bits per heavy atom. The summed E-state index contributed by atoms with van der Waals surface area (Å²) in [5, 5.41) is 7.53. The van der Waals surface area contributed by atoms with Crippen molar-refractivity contribution in [2.24, 2.45) is 13.0 Å². The van der Waals surface area contributed by atoms with Crippen LogP contribution in [0.2, 0.25) is 0 Å². The van der Waals surface area contributed by atoms with E-state index in [0.717, 1.165) is 37.5 Å². The Balaban J connectivity index is 1.57. The lowest BCUT2D eigenvalue weighted by Crippen LogP contribution is -2.42. The Morgan fingerprint density at radius 1 is 1.38 bits per heavy atom. The highest BCUT2D eigenvalue weighted by Crippen LogP contribution is 2.33. The summed E-state index contributed by atoms with van der Waals surface area (Å²) in [7, 11) is 2.16. The first-order valence-electron chi connectivity index (χ1n) is 10.4. The molecule has 1 fully saturated rings. The number of piperidine rings is 1. The van der Waals surface area contributed by atoms with Crippen LogP contribution >= 0.6 is 11.3 Å². The van der Waals surface area contributed by atoms with Crippen molar-refractivity contribution >= 4 is 28.1 Å². The van der Waals surface area contributed by atoms with Gasteiger partial charge < -0.3 is 9.88 Å². The standard InChI is InChI=1S/C23H30N4OS/c1-15-7-8-19-20(16(2)26(4)21(19)12-15)14-27-10-5-6-18(13-27)22(25-17(3)28)23-24-9-11-29-23/h7-9,11-12,18,22H,5-6,10,13-14H2,1-4H3,(H,25,28). The number of benzene rings is 1. The van der Waals surface area contributed by atoms with Gasteiger partial charge in [0, 0.05) is 55.2 Å². The molecule has 2 atom stereocenters. The average Bonchev–Trinajstić information content (AvgIpc) is 3.30. The molecule has 3 heterocycles. The van der Waals surface area contributed by atoms with E-state index in [1.165, 1.54) is 27.7 Å². The van der Waals surface area contributed by atoms with E-state index in [-0.39, 0.29) is 11.9 Å². The predicted octanol–water partition coefficient (Wildman–Crippen LogP) is 4.34.